The Hall–Kier alpha value is -1.02. The molecule has 2 aliphatic rings. The number of rotatable bonds is 7. The smallest absolute Gasteiger partial charge is 0.119 e. The third-order valence-corrected chi connectivity index (χ3v) is 7.78. The largest absolute Gasteiger partial charge is 0.493 e. The summed E-state index contributed by atoms with van der Waals surface area (Å²) in [6, 6.07) is 9.09. The zero-order valence-electron chi connectivity index (χ0n) is 20.0. The molecule has 1 saturated heterocycles. The van der Waals surface area contributed by atoms with E-state index >= 15 is 0 Å². The first kappa shape index (κ1) is 22.7. The maximum atomic E-state index is 6.18. The Morgan fingerprint density at radius 3 is 1.93 bits per heavy atom. The highest BCUT2D eigenvalue weighted by Crippen LogP contribution is 2.45. The molecular weight excluding hydrogens is 354 g/mol. The van der Waals surface area contributed by atoms with Crippen molar-refractivity contribution in [3.8, 4) is 5.75 Å². The van der Waals surface area contributed by atoms with Gasteiger partial charge in [-0.05, 0) is 102 Å². The second kappa shape index (κ2) is 9.41. The quantitative estimate of drug-likeness (QED) is 0.472. The van der Waals surface area contributed by atoms with Gasteiger partial charge in [-0.2, -0.15) is 0 Å². The van der Waals surface area contributed by atoms with E-state index in [1.165, 1.54) is 63.5 Å². The number of likely N-dealkylation sites (tertiary alicyclic amines) is 1. The number of ether oxygens (including phenoxy) is 1. The van der Waals surface area contributed by atoms with E-state index in [0.29, 0.717) is 5.92 Å². The molecule has 0 radical (unpaired) electrons. The average molecular weight is 400 g/mol. The van der Waals surface area contributed by atoms with Crippen LogP contribution in [0.3, 0.4) is 0 Å². The maximum absolute atomic E-state index is 6.18. The zero-order valence-corrected chi connectivity index (χ0v) is 20.0. The van der Waals surface area contributed by atoms with E-state index in [1.54, 1.807) is 0 Å². The summed E-state index contributed by atoms with van der Waals surface area (Å²) >= 11 is 0. The standard InChI is InChI=1S/C27H45NO/c1-7-17-28-26(3,4)18-24(19-27(28,5)6)23-13-15-25(16-14-23)29-20-22-11-9-21(8-2)10-12-22/h13-16,21-22,24H,7-12,17-20H2,1-6H3. The summed E-state index contributed by atoms with van der Waals surface area (Å²) in [4.78, 5) is 2.74. The van der Waals surface area contributed by atoms with Crippen molar-refractivity contribution in [2.45, 2.75) is 110 Å². The van der Waals surface area contributed by atoms with Crippen LogP contribution in [-0.4, -0.2) is 29.1 Å². The molecule has 2 fully saturated rings. The highest BCUT2D eigenvalue weighted by molar-refractivity contribution is 5.31. The number of hydrogen-bond acceptors (Lipinski definition) is 2. The third kappa shape index (κ3) is 5.57. The zero-order chi connectivity index (χ0) is 21.1. The predicted molar refractivity (Wildman–Crippen MR) is 125 cm³/mol. The lowest BCUT2D eigenvalue weighted by molar-refractivity contribution is -0.0358. The lowest BCUT2D eigenvalue weighted by atomic mass is 9.71. The van der Waals surface area contributed by atoms with Crippen LogP contribution in [0.1, 0.15) is 104 Å². The van der Waals surface area contributed by atoms with Gasteiger partial charge in [0.1, 0.15) is 5.75 Å². The molecule has 0 bridgehead atoms. The molecule has 29 heavy (non-hydrogen) atoms. The van der Waals surface area contributed by atoms with E-state index in [2.05, 4.69) is 70.7 Å². The third-order valence-electron chi connectivity index (χ3n) is 7.78. The summed E-state index contributed by atoms with van der Waals surface area (Å²) in [5.41, 5.74) is 1.97. The van der Waals surface area contributed by atoms with E-state index in [0.717, 1.165) is 24.2 Å². The fourth-order valence-electron chi connectivity index (χ4n) is 6.24. The summed E-state index contributed by atoms with van der Waals surface area (Å²) in [5, 5.41) is 0. The molecule has 2 nitrogen and oxygen atoms in total. The lowest BCUT2D eigenvalue weighted by Gasteiger charge is -2.55. The minimum Gasteiger partial charge on any atom is -0.493 e. The summed E-state index contributed by atoms with van der Waals surface area (Å²) in [5.74, 6) is 3.39. The van der Waals surface area contributed by atoms with E-state index in [1.807, 2.05) is 0 Å². The van der Waals surface area contributed by atoms with Crippen LogP contribution in [0.5, 0.6) is 5.75 Å². The first-order chi connectivity index (χ1) is 13.7. The van der Waals surface area contributed by atoms with Gasteiger partial charge in [-0.3, -0.25) is 4.90 Å². The molecule has 0 N–H and O–H groups in total. The SMILES string of the molecule is CCCN1C(C)(C)CC(c2ccc(OCC3CCC(CC)CC3)cc2)CC1(C)C. The molecule has 1 saturated carbocycles. The van der Waals surface area contributed by atoms with E-state index in [9.17, 15) is 0 Å². The average Bonchev–Trinajstić information content (AvgIpc) is 2.69. The molecule has 1 aromatic rings. The van der Waals surface area contributed by atoms with Crippen molar-refractivity contribution in [3.05, 3.63) is 29.8 Å². The molecule has 1 aliphatic heterocycles. The van der Waals surface area contributed by atoms with Crippen LogP contribution < -0.4 is 4.74 Å². The summed E-state index contributed by atoms with van der Waals surface area (Å²) < 4.78 is 6.18. The van der Waals surface area contributed by atoms with Crippen LogP contribution >= 0.6 is 0 Å². The Labute approximate surface area is 180 Å². The Morgan fingerprint density at radius 1 is 0.862 bits per heavy atom. The van der Waals surface area contributed by atoms with Crippen LogP contribution in [0.2, 0.25) is 0 Å². The van der Waals surface area contributed by atoms with Gasteiger partial charge in [0.15, 0.2) is 0 Å². The second-order valence-electron chi connectivity index (χ2n) is 11.1. The first-order valence-electron chi connectivity index (χ1n) is 12.3. The monoisotopic (exact) mass is 399 g/mol. The van der Waals surface area contributed by atoms with E-state index in [4.69, 9.17) is 4.74 Å². The minimum atomic E-state index is 0.245. The topological polar surface area (TPSA) is 12.5 Å². The van der Waals surface area contributed by atoms with Crippen LogP contribution in [0.4, 0.5) is 0 Å². The van der Waals surface area contributed by atoms with Crippen molar-refractivity contribution < 1.29 is 4.74 Å². The molecule has 164 valence electrons. The normalized spacial score (nSPS) is 27.7. The molecule has 2 heteroatoms. The molecular formula is C27H45NO. The number of hydrogen-bond donors (Lipinski definition) is 0. The summed E-state index contributed by atoms with van der Waals surface area (Å²) in [7, 11) is 0. The second-order valence-corrected chi connectivity index (χ2v) is 11.1. The van der Waals surface area contributed by atoms with Gasteiger partial charge >= 0.3 is 0 Å². The first-order valence-corrected chi connectivity index (χ1v) is 12.3. The van der Waals surface area contributed by atoms with Gasteiger partial charge in [-0.25, -0.2) is 0 Å². The number of nitrogens with zero attached hydrogens (tertiary/aromatic N) is 1. The van der Waals surface area contributed by atoms with Crippen molar-refractivity contribution in [1.29, 1.82) is 0 Å². The maximum Gasteiger partial charge on any atom is 0.119 e. The Kier molecular flexibility index (Phi) is 7.36. The Bertz CT molecular complexity index is 606. The molecule has 0 spiro atoms. The Balaban J connectivity index is 1.57. The van der Waals surface area contributed by atoms with E-state index in [-0.39, 0.29) is 11.1 Å². The summed E-state index contributed by atoms with van der Waals surface area (Å²) in [6.07, 6.45) is 10.5. The van der Waals surface area contributed by atoms with Crippen molar-refractivity contribution in [2.24, 2.45) is 11.8 Å². The molecule has 1 heterocycles. The fraction of sp³-hybridized carbons (Fsp3) is 0.778. The van der Waals surface area contributed by atoms with Crippen LogP contribution in [0.25, 0.3) is 0 Å². The van der Waals surface area contributed by atoms with Gasteiger partial charge in [-0.15, -0.1) is 0 Å². The molecule has 3 rings (SSSR count). The highest BCUT2D eigenvalue weighted by atomic mass is 16.5. The van der Waals surface area contributed by atoms with Gasteiger partial charge in [0.2, 0.25) is 0 Å². The lowest BCUT2D eigenvalue weighted by Crippen LogP contribution is -2.60. The van der Waals surface area contributed by atoms with Crippen molar-refractivity contribution >= 4 is 0 Å². The van der Waals surface area contributed by atoms with Crippen LogP contribution in [0.15, 0.2) is 24.3 Å². The minimum absolute atomic E-state index is 0.245. The Morgan fingerprint density at radius 2 is 1.41 bits per heavy atom. The molecule has 1 aromatic carbocycles. The van der Waals surface area contributed by atoms with Gasteiger partial charge in [0, 0.05) is 11.1 Å². The van der Waals surface area contributed by atoms with Crippen molar-refractivity contribution in [2.75, 3.05) is 13.2 Å². The van der Waals surface area contributed by atoms with Crippen molar-refractivity contribution in [3.63, 3.8) is 0 Å². The molecule has 0 atom stereocenters. The van der Waals surface area contributed by atoms with E-state index < -0.39 is 0 Å². The van der Waals surface area contributed by atoms with Crippen LogP contribution in [0, 0.1) is 11.8 Å². The van der Waals surface area contributed by atoms with Gasteiger partial charge in [-0.1, -0.05) is 45.2 Å². The van der Waals surface area contributed by atoms with Gasteiger partial charge in [0.25, 0.3) is 0 Å². The number of piperidine rings is 1. The fourth-order valence-corrected chi connectivity index (χ4v) is 6.24. The van der Waals surface area contributed by atoms with Crippen LogP contribution in [-0.2, 0) is 0 Å². The molecule has 0 amide bonds. The van der Waals surface area contributed by atoms with Gasteiger partial charge in [0.05, 0.1) is 6.61 Å². The molecule has 1 aliphatic carbocycles. The van der Waals surface area contributed by atoms with Gasteiger partial charge < -0.3 is 4.74 Å². The summed E-state index contributed by atoms with van der Waals surface area (Å²) in [6.45, 7) is 16.4. The predicted octanol–water partition coefficient (Wildman–Crippen LogP) is 7.43. The molecule has 0 aromatic heterocycles. The number of benzene rings is 1. The highest BCUT2D eigenvalue weighted by Gasteiger charge is 2.44. The molecule has 0 unspecified atom stereocenters. The van der Waals surface area contributed by atoms with Crippen molar-refractivity contribution in [1.82, 2.24) is 4.90 Å².